The SMILES string of the molecule is CCCOc1ccc(-c2nc(CC)n(CC)c2N)cc1. The number of hydrogen-bond acceptors (Lipinski definition) is 3. The van der Waals surface area contributed by atoms with Crippen molar-refractivity contribution in [3.63, 3.8) is 0 Å². The van der Waals surface area contributed by atoms with Gasteiger partial charge in [0.15, 0.2) is 0 Å². The van der Waals surface area contributed by atoms with E-state index in [2.05, 4.69) is 30.3 Å². The van der Waals surface area contributed by atoms with Gasteiger partial charge in [-0.2, -0.15) is 0 Å². The molecule has 0 bridgehead atoms. The predicted molar refractivity (Wildman–Crippen MR) is 82.9 cm³/mol. The lowest BCUT2D eigenvalue weighted by atomic mass is 10.1. The molecular formula is C16H23N3O. The molecule has 1 aromatic heterocycles. The van der Waals surface area contributed by atoms with E-state index in [4.69, 9.17) is 10.5 Å². The number of nitrogens with two attached hydrogens (primary N) is 1. The van der Waals surface area contributed by atoms with Crippen LogP contribution in [0.5, 0.6) is 5.75 Å². The van der Waals surface area contributed by atoms with Gasteiger partial charge in [-0.25, -0.2) is 4.98 Å². The van der Waals surface area contributed by atoms with Crippen molar-refractivity contribution in [3.05, 3.63) is 30.1 Å². The largest absolute Gasteiger partial charge is 0.494 e. The molecule has 0 aliphatic heterocycles. The van der Waals surface area contributed by atoms with Crippen LogP contribution in [0.2, 0.25) is 0 Å². The van der Waals surface area contributed by atoms with Gasteiger partial charge < -0.3 is 15.0 Å². The molecule has 1 heterocycles. The molecular weight excluding hydrogens is 250 g/mol. The van der Waals surface area contributed by atoms with Gasteiger partial charge in [0, 0.05) is 18.5 Å². The first-order valence-corrected chi connectivity index (χ1v) is 7.29. The highest BCUT2D eigenvalue weighted by molar-refractivity contribution is 5.71. The van der Waals surface area contributed by atoms with Gasteiger partial charge in [0.05, 0.1) is 6.61 Å². The molecule has 0 spiro atoms. The number of imidazole rings is 1. The Morgan fingerprint density at radius 1 is 1.15 bits per heavy atom. The minimum absolute atomic E-state index is 0.742. The number of anilines is 1. The average Bonchev–Trinajstić information content (AvgIpc) is 2.81. The Kier molecular flexibility index (Phi) is 4.66. The third kappa shape index (κ3) is 2.79. The molecule has 4 nitrogen and oxygen atoms in total. The van der Waals surface area contributed by atoms with E-state index in [0.29, 0.717) is 0 Å². The van der Waals surface area contributed by atoms with Crippen LogP contribution < -0.4 is 10.5 Å². The Hall–Kier alpha value is -1.97. The third-order valence-electron chi connectivity index (χ3n) is 3.32. The van der Waals surface area contributed by atoms with Crippen LogP contribution in [0.1, 0.15) is 33.0 Å². The molecule has 4 heteroatoms. The van der Waals surface area contributed by atoms with Gasteiger partial charge in [-0.3, -0.25) is 0 Å². The van der Waals surface area contributed by atoms with Gasteiger partial charge in [0.1, 0.15) is 23.1 Å². The predicted octanol–water partition coefficient (Wildman–Crippen LogP) is 3.50. The second-order valence-electron chi connectivity index (χ2n) is 4.73. The molecule has 2 rings (SSSR count). The molecule has 0 fully saturated rings. The van der Waals surface area contributed by atoms with E-state index in [-0.39, 0.29) is 0 Å². The molecule has 0 saturated carbocycles. The first-order valence-electron chi connectivity index (χ1n) is 7.29. The number of nitrogen functional groups attached to an aromatic ring is 1. The monoisotopic (exact) mass is 273 g/mol. The summed E-state index contributed by atoms with van der Waals surface area (Å²) in [5.41, 5.74) is 8.11. The zero-order chi connectivity index (χ0) is 14.5. The summed E-state index contributed by atoms with van der Waals surface area (Å²) in [5.74, 6) is 2.66. The second-order valence-corrected chi connectivity index (χ2v) is 4.73. The zero-order valence-electron chi connectivity index (χ0n) is 12.5. The maximum absolute atomic E-state index is 6.21. The van der Waals surface area contributed by atoms with E-state index in [0.717, 1.165) is 54.6 Å². The molecule has 0 radical (unpaired) electrons. The van der Waals surface area contributed by atoms with Crippen molar-refractivity contribution in [1.82, 2.24) is 9.55 Å². The normalized spacial score (nSPS) is 10.8. The fourth-order valence-corrected chi connectivity index (χ4v) is 2.28. The van der Waals surface area contributed by atoms with Gasteiger partial charge in [-0.15, -0.1) is 0 Å². The minimum atomic E-state index is 0.742. The van der Waals surface area contributed by atoms with E-state index < -0.39 is 0 Å². The van der Waals surface area contributed by atoms with Crippen LogP contribution in [0, 0.1) is 0 Å². The van der Waals surface area contributed by atoms with Gasteiger partial charge in [-0.05, 0) is 37.6 Å². The summed E-state index contributed by atoms with van der Waals surface area (Å²) in [6.45, 7) is 7.87. The molecule has 0 atom stereocenters. The summed E-state index contributed by atoms with van der Waals surface area (Å²) >= 11 is 0. The Morgan fingerprint density at radius 3 is 2.35 bits per heavy atom. The summed E-state index contributed by atoms with van der Waals surface area (Å²) < 4.78 is 7.66. The van der Waals surface area contributed by atoms with Crippen LogP contribution in [0.3, 0.4) is 0 Å². The summed E-state index contributed by atoms with van der Waals surface area (Å²) in [5, 5.41) is 0. The quantitative estimate of drug-likeness (QED) is 0.876. The number of aromatic nitrogens is 2. The third-order valence-corrected chi connectivity index (χ3v) is 3.32. The first kappa shape index (κ1) is 14.4. The molecule has 0 saturated heterocycles. The lowest BCUT2D eigenvalue weighted by Gasteiger charge is -2.06. The molecule has 0 unspecified atom stereocenters. The van der Waals surface area contributed by atoms with Crippen LogP contribution in [0.15, 0.2) is 24.3 Å². The smallest absolute Gasteiger partial charge is 0.131 e. The molecule has 108 valence electrons. The first-order chi connectivity index (χ1) is 9.71. The molecule has 2 N–H and O–H groups in total. The Balaban J connectivity index is 2.29. The van der Waals surface area contributed by atoms with Crippen LogP contribution in [0.25, 0.3) is 11.3 Å². The average molecular weight is 273 g/mol. The number of ether oxygens (including phenoxy) is 1. The van der Waals surface area contributed by atoms with Crippen LogP contribution >= 0.6 is 0 Å². The maximum atomic E-state index is 6.21. The molecule has 20 heavy (non-hydrogen) atoms. The van der Waals surface area contributed by atoms with E-state index in [9.17, 15) is 0 Å². The molecule has 0 aliphatic carbocycles. The fraction of sp³-hybridized carbons (Fsp3) is 0.438. The Bertz CT molecular complexity index is 558. The van der Waals surface area contributed by atoms with Crippen molar-refractivity contribution in [1.29, 1.82) is 0 Å². The van der Waals surface area contributed by atoms with E-state index in [1.54, 1.807) is 0 Å². The Labute approximate surface area is 120 Å². The summed E-state index contributed by atoms with van der Waals surface area (Å²) in [7, 11) is 0. The van der Waals surface area contributed by atoms with Crippen LogP contribution in [-0.2, 0) is 13.0 Å². The fourth-order valence-electron chi connectivity index (χ4n) is 2.28. The summed E-state index contributed by atoms with van der Waals surface area (Å²) in [6.07, 6.45) is 1.89. The van der Waals surface area contributed by atoms with Crippen molar-refractivity contribution >= 4 is 5.82 Å². The number of nitrogens with zero attached hydrogens (tertiary/aromatic N) is 2. The van der Waals surface area contributed by atoms with Crippen molar-refractivity contribution in [2.24, 2.45) is 0 Å². The second kappa shape index (κ2) is 6.46. The highest BCUT2D eigenvalue weighted by atomic mass is 16.5. The van der Waals surface area contributed by atoms with Gasteiger partial charge in [-0.1, -0.05) is 13.8 Å². The number of hydrogen-bond donors (Lipinski definition) is 1. The van der Waals surface area contributed by atoms with Crippen LogP contribution in [-0.4, -0.2) is 16.2 Å². The Morgan fingerprint density at radius 2 is 1.85 bits per heavy atom. The standard InChI is InChI=1S/C16H23N3O/c1-4-11-20-13-9-7-12(8-10-13)15-16(17)19(6-3)14(5-2)18-15/h7-10H,4-6,11,17H2,1-3H3. The van der Waals surface area contributed by atoms with E-state index >= 15 is 0 Å². The number of benzene rings is 1. The molecule has 0 aliphatic rings. The molecule has 1 aromatic carbocycles. The summed E-state index contributed by atoms with van der Waals surface area (Å²) in [4.78, 5) is 4.66. The number of aryl methyl sites for hydroxylation is 1. The number of rotatable bonds is 6. The highest BCUT2D eigenvalue weighted by Gasteiger charge is 2.13. The van der Waals surface area contributed by atoms with Crippen LogP contribution in [0.4, 0.5) is 5.82 Å². The van der Waals surface area contributed by atoms with Gasteiger partial charge >= 0.3 is 0 Å². The lowest BCUT2D eigenvalue weighted by Crippen LogP contribution is -2.04. The zero-order valence-corrected chi connectivity index (χ0v) is 12.5. The van der Waals surface area contributed by atoms with E-state index in [1.807, 2.05) is 24.3 Å². The van der Waals surface area contributed by atoms with E-state index in [1.165, 1.54) is 0 Å². The van der Waals surface area contributed by atoms with Gasteiger partial charge in [0.25, 0.3) is 0 Å². The molecule has 0 amide bonds. The highest BCUT2D eigenvalue weighted by Crippen LogP contribution is 2.28. The van der Waals surface area contributed by atoms with Crippen molar-refractivity contribution in [2.75, 3.05) is 12.3 Å². The minimum Gasteiger partial charge on any atom is -0.494 e. The molecule has 2 aromatic rings. The van der Waals surface area contributed by atoms with Crippen molar-refractivity contribution in [2.45, 2.75) is 40.2 Å². The lowest BCUT2D eigenvalue weighted by molar-refractivity contribution is 0.317. The topological polar surface area (TPSA) is 53.1 Å². The summed E-state index contributed by atoms with van der Waals surface area (Å²) in [6, 6.07) is 7.98. The maximum Gasteiger partial charge on any atom is 0.131 e. The van der Waals surface area contributed by atoms with Gasteiger partial charge in [0.2, 0.25) is 0 Å². The van der Waals surface area contributed by atoms with Crippen molar-refractivity contribution in [3.8, 4) is 17.0 Å². The van der Waals surface area contributed by atoms with Crippen molar-refractivity contribution < 1.29 is 4.74 Å².